The van der Waals surface area contributed by atoms with E-state index in [1.807, 2.05) is 0 Å². The maximum Gasteiger partial charge on any atom is 0.0420 e. The number of fused-ring (bicyclic) bond motifs is 3. The first-order valence-electron chi connectivity index (χ1n) is 11.6. The smallest absolute Gasteiger partial charge is 0.0420 e. The minimum atomic E-state index is 0.988. The van der Waals surface area contributed by atoms with E-state index in [1.165, 1.54) is 73.0 Å². The van der Waals surface area contributed by atoms with Crippen molar-refractivity contribution in [2.75, 3.05) is 11.9 Å². The van der Waals surface area contributed by atoms with Crippen LogP contribution in [-0.4, -0.2) is 6.54 Å². The molecule has 0 spiro atoms. The summed E-state index contributed by atoms with van der Waals surface area (Å²) in [5, 5.41) is 3.75. The Morgan fingerprint density at radius 2 is 1.38 bits per heavy atom. The summed E-state index contributed by atoms with van der Waals surface area (Å²) < 4.78 is 1.29. The van der Waals surface area contributed by atoms with E-state index < -0.39 is 0 Å². The molecule has 0 aromatic heterocycles. The summed E-state index contributed by atoms with van der Waals surface area (Å²) >= 11 is 2.47. The molecule has 32 heavy (non-hydrogen) atoms. The maximum absolute atomic E-state index is 3.75. The van der Waals surface area contributed by atoms with Crippen LogP contribution in [0.25, 0.3) is 33.4 Å². The maximum atomic E-state index is 3.75. The van der Waals surface area contributed by atoms with E-state index in [0.717, 1.165) is 13.0 Å². The summed E-state index contributed by atoms with van der Waals surface area (Å²) in [6.07, 6.45) is 4.69. The monoisotopic (exact) mass is 529 g/mol. The van der Waals surface area contributed by atoms with E-state index in [0.29, 0.717) is 0 Å². The van der Waals surface area contributed by atoms with E-state index in [9.17, 15) is 0 Å². The largest absolute Gasteiger partial charge is 0.385 e. The zero-order chi connectivity index (χ0) is 21.9. The van der Waals surface area contributed by atoms with Crippen molar-refractivity contribution in [3.05, 3.63) is 99.6 Å². The fourth-order valence-electron chi connectivity index (χ4n) is 4.88. The molecule has 4 aromatic rings. The molecule has 160 valence electrons. The highest BCUT2D eigenvalue weighted by Crippen LogP contribution is 2.48. The Morgan fingerprint density at radius 3 is 2.19 bits per heavy atom. The highest BCUT2D eigenvalue weighted by molar-refractivity contribution is 14.1. The first-order valence-corrected chi connectivity index (χ1v) is 12.7. The highest BCUT2D eigenvalue weighted by atomic mass is 127. The number of para-hydroxylation sites is 1. The Balaban J connectivity index is 1.70. The van der Waals surface area contributed by atoms with Crippen LogP contribution in [0.2, 0.25) is 0 Å². The molecular weight excluding hydrogens is 501 g/mol. The third-order valence-corrected chi connectivity index (χ3v) is 7.38. The molecule has 1 nitrogen and oxygen atoms in total. The van der Waals surface area contributed by atoms with Crippen molar-refractivity contribution in [1.82, 2.24) is 0 Å². The van der Waals surface area contributed by atoms with Crippen LogP contribution in [0.5, 0.6) is 0 Å². The Labute approximate surface area is 205 Å². The first kappa shape index (κ1) is 21.3. The lowest BCUT2D eigenvalue weighted by Gasteiger charge is -2.20. The van der Waals surface area contributed by atoms with E-state index in [2.05, 4.69) is 120 Å². The van der Waals surface area contributed by atoms with Gasteiger partial charge in [0.05, 0.1) is 0 Å². The molecular formula is C30H28IN. The number of hydrogen-bond donors (Lipinski definition) is 1. The SMILES string of the molecule is CCCCCNc1ccccc1-c1c(-c2ccccc2I)ccc2c1Cc1ccccc1-2. The van der Waals surface area contributed by atoms with Crippen LogP contribution in [0.1, 0.15) is 37.3 Å². The minimum absolute atomic E-state index is 0.988. The van der Waals surface area contributed by atoms with Gasteiger partial charge in [0, 0.05) is 21.4 Å². The molecule has 0 radical (unpaired) electrons. The van der Waals surface area contributed by atoms with Crippen molar-refractivity contribution in [3.8, 4) is 33.4 Å². The second-order valence-electron chi connectivity index (χ2n) is 8.51. The molecule has 0 atom stereocenters. The van der Waals surface area contributed by atoms with Gasteiger partial charge in [0.15, 0.2) is 0 Å². The van der Waals surface area contributed by atoms with Crippen LogP contribution in [0, 0.1) is 3.57 Å². The van der Waals surface area contributed by atoms with Gasteiger partial charge >= 0.3 is 0 Å². The van der Waals surface area contributed by atoms with Gasteiger partial charge in [-0.25, -0.2) is 0 Å². The van der Waals surface area contributed by atoms with Crippen molar-refractivity contribution in [2.45, 2.75) is 32.6 Å². The van der Waals surface area contributed by atoms with Gasteiger partial charge in [0.25, 0.3) is 0 Å². The third kappa shape index (κ3) is 3.97. The molecule has 0 bridgehead atoms. The van der Waals surface area contributed by atoms with Crippen molar-refractivity contribution in [2.24, 2.45) is 0 Å². The van der Waals surface area contributed by atoms with E-state index >= 15 is 0 Å². The van der Waals surface area contributed by atoms with Crippen LogP contribution < -0.4 is 5.32 Å². The number of hydrogen-bond acceptors (Lipinski definition) is 1. The number of anilines is 1. The number of unbranched alkanes of at least 4 members (excludes halogenated alkanes) is 2. The van der Waals surface area contributed by atoms with Gasteiger partial charge in [-0.15, -0.1) is 0 Å². The Morgan fingerprint density at radius 1 is 0.688 bits per heavy atom. The lowest BCUT2D eigenvalue weighted by molar-refractivity contribution is 0.744. The van der Waals surface area contributed by atoms with Crippen molar-refractivity contribution in [3.63, 3.8) is 0 Å². The van der Waals surface area contributed by atoms with Crippen molar-refractivity contribution < 1.29 is 0 Å². The third-order valence-electron chi connectivity index (χ3n) is 6.44. The Kier molecular flexibility index (Phi) is 6.31. The fourth-order valence-corrected chi connectivity index (χ4v) is 5.55. The zero-order valence-electron chi connectivity index (χ0n) is 18.5. The molecule has 0 heterocycles. The van der Waals surface area contributed by atoms with Gasteiger partial charge in [0.2, 0.25) is 0 Å². The second kappa shape index (κ2) is 9.50. The van der Waals surface area contributed by atoms with Gasteiger partial charge in [-0.1, -0.05) is 92.6 Å². The quantitative estimate of drug-likeness (QED) is 0.164. The molecule has 0 fully saturated rings. The van der Waals surface area contributed by atoms with Gasteiger partial charge < -0.3 is 5.32 Å². The lowest BCUT2D eigenvalue weighted by Crippen LogP contribution is -2.04. The van der Waals surface area contributed by atoms with E-state index in [1.54, 1.807) is 0 Å². The van der Waals surface area contributed by atoms with Crippen LogP contribution in [0.4, 0.5) is 5.69 Å². The molecule has 1 aliphatic carbocycles. The Hall–Kier alpha value is -2.59. The summed E-state index contributed by atoms with van der Waals surface area (Å²) in [6.45, 7) is 3.27. The van der Waals surface area contributed by atoms with Gasteiger partial charge in [-0.05, 0) is 86.5 Å². The molecule has 0 aliphatic heterocycles. The normalized spacial score (nSPS) is 11.8. The number of benzene rings is 4. The predicted molar refractivity (Wildman–Crippen MR) is 146 cm³/mol. The predicted octanol–water partition coefficient (Wildman–Crippen LogP) is 8.80. The molecule has 0 saturated carbocycles. The van der Waals surface area contributed by atoms with E-state index in [-0.39, 0.29) is 0 Å². The summed E-state index contributed by atoms with van der Waals surface area (Å²) in [5.41, 5.74) is 12.2. The summed E-state index contributed by atoms with van der Waals surface area (Å²) in [4.78, 5) is 0. The lowest BCUT2D eigenvalue weighted by atomic mass is 9.87. The van der Waals surface area contributed by atoms with Gasteiger partial charge in [-0.2, -0.15) is 0 Å². The summed E-state index contributed by atoms with van der Waals surface area (Å²) in [6, 6.07) is 31.1. The van der Waals surface area contributed by atoms with Crippen LogP contribution in [0.15, 0.2) is 84.9 Å². The minimum Gasteiger partial charge on any atom is -0.385 e. The second-order valence-corrected chi connectivity index (χ2v) is 9.67. The van der Waals surface area contributed by atoms with Crippen molar-refractivity contribution >= 4 is 28.3 Å². The average molecular weight is 529 g/mol. The van der Waals surface area contributed by atoms with Gasteiger partial charge in [0.1, 0.15) is 0 Å². The topological polar surface area (TPSA) is 12.0 Å². The molecule has 0 saturated heterocycles. The Bertz CT molecular complexity index is 1260. The number of nitrogens with one attached hydrogen (secondary N) is 1. The number of rotatable bonds is 7. The molecule has 1 aliphatic rings. The van der Waals surface area contributed by atoms with Crippen LogP contribution in [-0.2, 0) is 6.42 Å². The average Bonchev–Trinajstić information content (AvgIpc) is 3.21. The number of halogens is 1. The summed E-state index contributed by atoms with van der Waals surface area (Å²) in [7, 11) is 0. The van der Waals surface area contributed by atoms with Gasteiger partial charge in [-0.3, -0.25) is 0 Å². The molecule has 0 unspecified atom stereocenters. The molecule has 5 rings (SSSR count). The van der Waals surface area contributed by atoms with Crippen molar-refractivity contribution in [1.29, 1.82) is 0 Å². The van der Waals surface area contributed by atoms with E-state index in [4.69, 9.17) is 0 Å². The molecule has 0 amide bonds. The summed E-state index contributed by atoms with van der Waals surface area (Å²) in [5.74, 6) is 0. The molecule has 4 aromatic carbocycles. The van der Waals surface area contributed by atoms with Crippen LogP contribution >= 0.6 is 22.6 Å². The molecule has 2 heteroatoms. The molecule has 1 N–H and O–H groups in total. The first-order chi connectivity index (χ1) is 15.8. The highest BCUT2D eigenvalue weighted by Gasteiger charge is 2.25. The fraction of sp³-hybridized carbons (Fsp3) is 0.200. The van der Waals surface area contributed by atoms with Crippen LogP contribution in [0.3, 0.4) is 0 Å². The zero-order valence-corrected chi connectivity index (χ0v) is 20.7. The standard InChI is InChI=1S/C30H28IN/c1-2-3-10-19-32-29-16-9-7-14-26(29)30-25(24-13-6-8-15-28(24)31)18-17-23-22-12-5-4-11-21(22)20-27(23)30/h4-9,11-18,32H,2-3,10,19-20H2,1H3.